The zero-order valence-electron chi connectivity index (χ0n) is 7.14. The first kappa shape index (κ1) is 8.68. The van der Waals surface area contributed by atoms with Gasteiger partial charge in [-0.15, -0.1) is 0 Å². The number of likely N-dealkylation sites (N-methyl/N-ethyl adjacent to an activating group) is 1. The fraction of sp³-hybridized carbons (Fsp3) is 0.875. The average Bonchev–Trinajstić information content (AvgIpc) is 2.80. The van der Waals surface area contributed by atoms with Gasteiger partial charge in [0.25, 0.3) is 0 Å². The SMILES string of the molecule is CCOCC(=O)C1(NC)CC1. The highest BCUT2D eigenvalue weighted by molar-refractivity contribution is 5.92. The molecular formula is C8H15NO2. The lowest BCUT2D eigenvalue weighted by Crippen LogP contribution is -2.38. The molecule has 0 aromatic carbocycles. The Balaban J connectivity index is 2.29. The molecule has 0 amide bonds. The Morgan fingerprint density at radius 3 is 2.64 bits per heavy atom. The lowest BCUT2D eigenvalue weighted by Gasteiger charge is -2.11. The fourth-order valence-corrected chi connectivity index (χ4v) is 1.13. The van der Waals surface area contributed by atoms with E-state index in [1.165, 1.54) is 0 Å². The second kappa shape index (κ2) is 3.32. The summed E-state index contributed by atoms with van der Waals surface area (Å²) in [5.41, 5.74) is -0.213. The summed E-state index contributed by atoms with van der Waals surface area (Å²) in [4.78, 5) is 11.3. The minimum absolute atomic E-state index is 0.196. The van der Waals surface area contributed by atoms with E-state index < -0.39 is 0 Å². The lowest BCUT2D eigenvalue weighted by atomic mass is 10.2. The highest BCUT2D eigenvalue weighted by Gasteiger charge is 2.47. The molecule has 1 aliphatic carbocycles. The Hall–Kier alpha value is -0.410. The standard InChI is InChI=1S/C8H15NO2/c1-3-11-6-7(10)8(9-2)4-5-8/h9H,3-6H2,1-2H3. The van der Waals surface area contributed by atoms with Crippen LogP contribution in [-0.2, 0) is 9.53 Å². The fourth-order valence-electron chi connectivity index (χ4n) is 1.13. The molecular weight excluding hydrogens is 142 g/mol. The summed E-state index contributed by atoms with van der Waals surface area (Å²) >= 11 is 0. The minimum Gasteiger partial charge on any atom is -0.374 e. The maximum Gasteiger partial charge on any atom is 0.178 e. The molecule has 0 aliphatic heterocycles. The molecule has 64 valence electrons. The maximum atomic E-state index is 11.3. The van der Waals surface area contributed by atoms with Gasteiger partial charge in [-0.2, -0.15) is 0 Å². The second-order valence-electron chi connectivity index (χ2n) is 2.89. The molecule has 1 rings (SSSR count). The number of nitrogens with one attached hydrogen (secondary N) is 1. The topological polar surface area (TPSA) is 38.3 Å². The van der Waals surface area contributed by atoms with Gasteiger partial charge in [-0.1, -0.05) is 0 Å². The zero-order valence-corrected chi connectivity index (χ0v) is 7.14. The number of ether oxygens (including phenoxy) is 1. The summed E-state index contributed by atoms with van der Waals surface area (Å²) in [5.74, 6) is 0.196. The van der Waals surface area contributed by atoms with Gasteiger partial charge in [0.1, 0.15) is 6.61 Å². The molecule has 1 aliphatic rings. The molecule has 0 atom stereocenters. The van der Waals surface area contributed by atoms with Crippen molar-refractivity contribution in [3.63, 3.8) is 0 Å². The summed E-state index contributed by atoms with van der Waals surface area (Å²) in [5, 5.41) is 3.03. The predicted molar refractivity (Wildman–Crippen MR) is 42.5 cm³/mol. The number of carbonyl (C=O) groups is 1. The van der Waals surface area contributed by atoms with Gasteiger partial charge in [0.15, 0.2) is 5.78 Å². The van der Waals surface area contributed by atoms with E-state index in [-0.39, 0.29) is 17.9 Å². The van der Waals surface area contributed by atoms with E-state index in [0.29, 0.717) is 6.61 Å². The number of hydrogen-bond acceptors (Lipinski definition) is 3. The minimum atomic E-state index is -0.213. The highest BCUT2D eigenvalue weighted by atomic mass is 16.5. The molecule has 0 saturated heterocycles. The molecule has 0 radical (unpaired) electrons. The zero-order chi connectivity index (χ0) is 8.32. The van der Waals surface area contributed by atoms with Gasteiger partial charge in [-0.25, -0.2) is 0 Å². The van der Waals surface area contributed by atoms with Crippen LogP contribution in [0.25, 0.3) is 0 Å². The lowest BCUT2D eigenvalue weighted by molar-refractivity contribution is -0.126. The molecule has 1 N–H and O–H groups in total. The summed E-state index contributed by atoms with van der Waals surface area (Å²) < 4.78 is 5.03. The largest absolute Gasteiger partial charge is 0.374 e. The van der Waals surface area contributed by atoms with Crippen molar-refractivity contribution >= 4 is 5.78 Å². The highest BCUT2D eigenvalue weighted by Crippen LogP contribution is 2.35. The molecule has 1 fully saturated rings. The molecule has 11 heavy (non-hydrogen) atoms. The smallest absolute Gasteiger partial charge is 0.178 e. The van der Waals surface area contributed by atoms with Gasteiger partial charge in [0.05, 0.1) is 5.54 Å². The van der Waals surface area contributed by atoms with Crippen molar-refractivity contribution in [1.29, 1.82) is 0 Å². The van der Waals surface area contributed by atoms with Crippen LogP contribution in [0, 0.1) is 0 Å². The van der Waals surface area contributed by atoms with Gasteiger partial charge in [0, 0.05) is 6.61 Å². The van der Waals surface area contributed by atoms with Gasteiger partial charge >= 0.3 is 0 Å². The molecule has 0 spiro atoms. The van der Waals surface area contributed by atoms with Crippen LogP contribution >= 0.6 is 0 Å². The van der Waals surface area contributed by atoms with Crippen molar-refractivity contribution in [3.05, 3.63) is 0 Å². The van der Waals surface area contributed by atoms with E-state index in [1.807, 2.05) is 14.0 Å². The molecule has 0 heterocycles. The van der Waals surface area contributed by atoms with E-state index in [2.05, 4.69) is 5.32 Å². The Morgan fingerprint density at radius 1 is 1.64 bits per heavy atom. The number of ketones is 1. The van der Waals surface area contributed by atoms with Crippen molar-refractivity contribution in [2.75, 3.05) is 20.3 Å². The first-order valence-corrected chi connectivity index (χ1v) is 4.05. The van der Waals surface area contributed by atoms with E-state index in [0.717, 1.165) is 12.8 Å². The van der Waals surface area contributed by atoms with Gasteiger partial charge in [-0.3, -0.25) is 4.79 Å². The molecule has 0 aromatic rings. The first-order chi connectivity index (χ1) is 5.25. The van der Waals surface area contributed by atoms with Crippen molar-refractivity contribution in [1.82, 2.24) is 5.32 Å². The van der Waals surface area contributed by atoms with Gasteiger partial charge in [0.2, 0.25) is 0 Å². The first-order valence-electron chi connectivity index (χ1n) is 4.05. The van der Waals surface area contributed by atoms with Crippen LogP contribution in [0.2, 0.25) is 0 Å². The van der Waals surface area contributed by atoms with Crippen LogP contribution in [0.4, 0.5) is 0 Å². The van der Waals surface area contributed by atoms with Crippen LogP contribution < -0.4 is 5.32 Å². The molecule has 3 nitrogen and oxygen atoms in total. The Labute approximate surface area is 67.1 Å². The van der Waals surface area contributed by atoms with E-state index >= 15 is 0 Å². The molecule has 0 unspecified atom stereocenters. The second-order valence-corrected chi connectivity index (χ2v) is 2.89. The van der Waals surface area contributed by atoms with Crippen molar-refractivity contribution in [2.45, 2.75) is 25.3 Å². The monoisotopic (exact) mass is 157 g/mol. The average molecular weight is 157 g/mol. The van der Waals surface area contributed by atoms with Crippen molar-refractivity contribution in [2.24, 2.45) is 0 Å². The van der Waals surface area contributed by atoms with Crippen LogP contribution in [-0.4, -0.2) is 31.6 Å². The van der Waals surface area contributed by atoms with Crippen LogP contribution in [0.1, 0.15) is 19.8 Å². The number of Topliss-reactive ketones (excluding diaryl/α,β-unsaturated/α-hetero) is 1. The predicted octanol–water partition coefficient (Wildman–Crippen LogP) is 0.344. The Kier molecular flexibility index (Phi) is 2.62. The van der Waals surface area contributed by atoms with E-state index in [1.54, 1.807) is 0 Å². The summed E-state index contributed by atoms with van der Waals surface area (Å²) in [6.45, 7) is 2.77. The van der Waals surface area contributed by atoms with Crippen molar-refractivity contribution in [3.8, 4) is 0 Å². The Bertz CT molecular complexity index is 152. The summed E-state index contributed by atoms with van der Waals surface area (Å²) in [7, 11) is 1.83. The number of carbonyl (C=O) groups excluding carboxylic acids is 1. The molecule has 3 heteroatoms. The van der Waals surface area contributed by atoms with Crippen LogP contribution in [0.3, 0.4) is 0 Å². The van der Waals surface area contributed by atoms with Crippen LogP contribution in [0.15, 0.2) is 0 Å². The number of hydrogen-bond donors (Lipinski definition) is 1. The third-order valence-electron chi connectivity index (χ3n) is 2.20. The Morgan fingerprint density at radius 2 is 2.27 bits per heavy atom. The van der Waals surface area contributed by atoms with Crippen LogP contribution in [0.5, 0.6) is 0 Å². The third-order valence-corrected chi connectivity index (χ3v) is 2.20. The summed E-state index contributed by atoms with van der Waals surface area (Å²) in [6, 6.07) is 0. The molecule has 0 aromatic heterocycles. The van der Waals surface area contributed by atoms with Gasteiger partial charge < -0.3 is 10.1 Å². The van der Waals surface area contributed by atoms with E-state index in [4.69, 9.17) is 4.74 Å². The van der Waals surface area contributed by atoms with E-state index in [9.17, 15) is 4.79 Å². The third kappa shape index (κ3) is 1.79. The maximum absolute atomic E-state index is 11.3. The van der Waals surface area contributed by atoms with Crippen molar-refractivity contribution < 1.29 is 9.53 Å². The quantitative estimate of drug-likeness (QED) is 0.625. The molecule has 1 saturated carbocycles. The summed E-state index contributed by atoms with van der Waals surface area (Å²) in [6.07, 6.45) is 1.94. The number of rotatable bonds is 5. The normalized spacial score (nSPS) is 19.8. The molecule has 0 bridgehead atoms. The van der Waals surface area contributed by atoms with Gasteiger partial charge in [-0.05, 0) is 26.8 Å².